The summed E-state index contributed by atoms with van der Waals surface area (Å²) >= 11 is 0. The minimum absolute atomic E-state index is 0.266. The average Bonchev–Trinajstić information content (AvgIpc) is 2.29. The second-order valence-electron chi connectivity index (χ2n) is 3.67. The van der Waals surface area contributed by atoms with Gasteiger partial charge in [0.15, 0.2) is 0 Å². The maximum Gasteiger partial charge on any atom is 0.250 e. The Morgan fingerprint density at radius 3 is 2.35 bits per heavy atom. The number of carbonyl (C=O) groups excluding carboxylic acids is 1. The Hall–Kier alpha value is -2.59. The Balaban J connectivity index is 3.22. The third kappa shape index (κ3) is 2.70. The predicted molar refractivity (Wildman–Crippen MR) is 64.1 cm³/mol. The van der Waals surface area contributed by atoms with Crippen LogP contribution in [0.2, 0.25) is 0 Å². The van der Waals surface area contributed by atoms with Gasteiger partial charge in [-0.25, -0.2) is 0 Å². The minimum Gasteiger partial charge on any atom is -0.321 e. The monoisotopic (exact) mass is 225 g/mol. The van der Waals surface area contributed by atoms with Crippen molar-refractivity contribution in [2.45, 2.75) is 13.8 Å². The number of hydrogen-bond acceptors (Lipinski definition) is 3. The lowest BCUT2D eigenvalue weighted by Crippen LogP contribution is -2.13. The van der Waals surface area contributed by atoms with Gasteiger partial charge in [0.1, 0.15) is 6.07 Å². The van der Waals surface area contributed by atoms with Gasteiger partial charge in [-0.2, -0.15) is 10.5 Å². The molecule has 0 aromatic heterocycles. The molecule has 0 spiro atoms. The number of hydrogen-bond donors (Lipinski definition) is 1. The molecule has 1 rings (SSSR count). The fourth-order valence-corrected chi connectivity index (χ4v) is 1.25. The zero-order chi connectivity index (χ0) is 13.0. The van der Waals surface area contributed by atoms with Gasteiger partial charge in [-0.15, -0.1) is 0 Å². The molecule has 0 atom stereocenters. The van der Waals surface area contributed by atoms with Crippen LogP contribution < -0.4 is 5.32 Å². The van der Waals surface area contributed by atoms with E-state index in [0.29, 0.717) is 22.4 Å². The predicted octanol–water partition coefficient (Wildman–Crippen LogP) is 2.25. The van der Waals surface area contributed by atoms with E-state index in [-0.39, 0.29) is 11.5 Å². The van der Waals surface area contributed by atoms with Gasteiger partial charge < -0.3 is 5.32 Å². The van der Waals surface area contributed by atoms with Crippen LogP contribution in [0.3, 0.4) is 0 Å². The van der Waals surface area contributed by atoms with E-state index in [1.807, 2.05) is 12.1 Å². The number of nitrogens with zero attached hydrogens (tertiary/aromatic N) is 2. The first kappa shape index (κ1) is 12.5. The third-order valence-electron chi connectivity index (χ3n) is 2.24. The number of carbonyl (C=O) groups is 1. The molecule has 1 aromatic carbocycles. The van der Waals surface area contributed by atoms with Gasteiger partial charge in [-0.1, -0.05) is 6.58 Å². The van der Waals surface area contributed by atoms with Crippen molar-refractivity contribution >= 4 is 11.6 Å². The summed E-state index contributed by atoms with van der Waals surface area (Å²) in [5, 5.41) is 20.4. The maximum absolute atomic E-state index is 11.5. The Labute approximate surface area is 99.8 Å². The molecule has 0 aliphatic rings. The standard InChI is InChI=1S/C13H11N3O/c1-8(2)13(17)16-12-4-9(3)10(6-14)5-11(12)7-15/h4-5H,1H2,2-3H3,(H,16,17). The molecule has 4 nitrogen and oxygen atoms in total. The molecule has 0 fully saturated rings. The molecule has 1 N–H and O–H groups in total. The van der Waals surface area contributed by atoms with Crippen LogP contribution in [0.5, 0.6) is 0 Å². The minimum atomic E-state index is -0.342. The lowest BCUT2D eigenvalue weighted by molar-refractivity contribution is -0.112. The zero-order valence-corrected chi connectivity index (χ0v) is 9.66. The lowest BCUT2D eigenvalue weighted by atomic mass is 10.0. The smallest absolute Gasteiger partial charge is 0.250 e. The quantitative estimate of drug-likeness (QED) is 0.784. The van der Waals surface area contributed by atoms with E-state index < -0.39 is 0 Å². The van der Waals surface area contributed by atoms with Crippen LogP contribution in [-0.2, 0) is 4.79 Å². The van der Waals surface area contributed by atoms with Gasteiger partial charge in [0.05, 0.1) is 22.9 Å². The number of benzene rings is 1. The van der Waals surface area contributed by atoms with Crippen molar-refractivity contribution < 1.29 is 4.79 Å². The summed E-state index contributed by atoms with van der Waals surface area (Å²) in [6, 6.07) is 7.01. The molecule has 0 heterocycles. The molecule has 0 aliphatic heterocycles. The van der Waals surface area contributed by atoms with Gasteiger partial charge >= 0.3 is 0 Å². The molecule has 1 aromatic rings. The molecular weight excluding hydrogens is 214 g/mol. The van der Waals surface area contributed by atoms with Crippen LogP contribution >= 0.6 is 0 Å². The Morgan fingerprint density at radius 2 is 1.88 bits per heavy atom. The van der Waals surface area contributed by atoms with Crippen molar-refractivity contribution in [1.82, 2.24) is 0 Å². The summed E-state index contributed by atoms with van der Waals surface area (Å²) in [6.45, 7) is 6.84. The molecule has 0 bridgehead atoms. The van der Waals surface area contributed by atoms with Crippen LogP contribution in [0.15, 0.2) is 24.3 Å². The van der Waals surface area contributed by atoms with E-state index in [0.717, 1.165) is 0 Å². The van der Waals surface area contributed by atoms with E-state index in [2.05, 4.69) is 11.9 Å². The molecule has 0 radical (unpaired) electrons. The summed E-state index contributed by atoms with van der Waals surface area (Å²) < 4.78 is 0. The van der Waals surface area contributed by atoms with Crippen molar-refractivity contribution in [3.05, 3.63) is 41.0 Å². The van der Waals surface area contributed by atoms with Crippen molar-refractivity contribution in [2.24, 2.45) is 0 Å². The number of nitrogens with one attached hydrogen (secondary N) is 1. The lowest BCUT2D eigenvalue weighted by Gasteiger charge is -2.08. The normalized spacial score (nSPS) is 8.94. The van der Waals surface area contributed by atoms with E-state index in [9.17, 15) is 4.79 Å². The molecule has 0 unspecified atom stereocenters. The summed E-state index contributed by atoms with van der Waals surface area (Å²) in [5.41, 5.74) is 2.16. The topological polar surface area (TPSA) is 76.7 Å². The van der Waals surface area contributed by atoms with Gasteiger partial charge in [-0.05, 0) is 31.5 Å². The molecule has 17 heavy (non-hydrogen) atoms. The van der Waals surface area contributed by atoms with Gasteiger partial charge in [0, 0.05) is 5.57 Å². The van der Waals surface area contributed by atoms with Crippen molar-refractivity contribution in [1.29, 1.82) is 10.5 Å². The first-order chi connectivity index (χ1) is 7.99. The van der Waals surface area contributed by atoms with Crippen molar-refractivity contribution in [2.75, 3.05) is 5.32 Å². The van der Waals surface area contributed by atoms with E-state index in [4.69, 9.17) is 10.5 Å². The molecule has 4 heteroatoms. The first-order valence-electron chi connectivity index (χ1n) is 4.91. The largest absolute Gasteiger partial charge is 0.321 e. The highest BCUT2D eigenvalue weighted by molar-refractivity contribution is 6.03. The Morgan fingerprint density at radius 1 is 1.29 bits per heavy atom. The number of amides is 1. The van der Waals surface area contributed by atoms with Crippen LogP contribution in [-0.4, -0.2) is 5.91 Å². The number of aryl methyl sites for hydroxylation is 1. The van der Waals surface area contributed by atoms with Gasteiger partial charge in [-0.3, -0.25) is 4.79 Å². The summed E-state index contributed by atoms with van der Waals surface area (Å²) in [5.74, 6) is -0.342. The summed E-state index contributed by atoms with van der Waals surface area (Å²) in [7, 11) is 0. The van der Waals surface area contributed by atoms with E-state index >= 15 is 0 Å². The number of nitriles is 2. The highest BCUT2D eigenvalue weighted by Gasteiger charge is 2.10. The molecule has 0 saturated carbocycles. The SMILES string of the molecule is C=C(C)C(=O)Nc1cc(C)c(C#N)cc1C#N. The molecule has 1 amide bonds. The van der Waals surface area contributed by atoms with Gasteiger partial charge in [0.25, 0.3) is 5.91 Å². The fourth-order valence-electron chi connectivity index (χ4n) is 1.25. The van der Waals surface area contributed by atoms with E-state index in [1.54, 1.807) is 19.9 Å². The second-order valence-corrected chi connectivity index (χ2v) is 3.67. The fraction of sp³-hybridized carbons (Fsp3) is 0.154. The van der Waals surface area contributed by atoms with Gasteiger partial charge in [0.2, 0.25) is 0 Å². The second kappa shape index (κ2) is 4.96. The Bertz CT molecular complexity index is 574. The maximum atomic E-state index is 11.5. The molecular formula is C13H11N3O. The molecule has 84 valence electrons. The molecule has 0 saturated heterocycles. The summed E-state index contributed by atoms with van der Waals surface area (Å²) in [6.07, 6.45) is 0. The summed E-state index contributed by atoms with van der Waals surface area (Å²) in [4.78, 5) is 11.5. The average molecular weight is 225 g/mol. The number of anilines is 1. The number of rotatable bonds is 2. The zero-order valence-electron chi connectivity index (χ0n) is 9.66. The third-order valence-corrected chi connectivity index (χ3v) is 2.24. The highest BCUT2D eigenvalue weighted by Crippen LogP contribution is 2.20. The van der Waals surface area contributed by atoms with E-state index in [1.165, 1.54) is 6.07 Å². The first-order valence-corrected chi connectivity index (χ1v) is 4.91. The highest BCUT2D eigenvalue weighted by atomic mass is 16.1. The molecule has 0 aliphatic carbocycles. The van der Waals surface area contributed by atoms with Crippen LogP contribution in [0.25, 0.3) is 0 Å². The van der Waals surface area contributed by atoms with Crippen molar-refractivity contribution in [3.63, 3.8) is 0 Å². The Kier molecular flexibility index (Phi) is 3.64. The van der Waals surface area contributed by atoms with Crippen LogP contribution in [0.1, 0.15) is 23.6 Å². The van der Waals surface area contributed by atoms with Crippen LogP contribution in [0.4, 0.5) is 5.69 Å². The van der Waals surface area contributed by atoms with Crippen LogP contribution in [0, 0.1) is 29.6 Å². The van der Waals surface area contributed by atoms with Crippen molar-refractivity contribution in [3.8, 4) is 12.1 Å².